The minimum atomic E-state index is -0.248. The molecule has 0 saturated carbocycles. The number of nitrogen functional groups attached to an aromatic ring is 1. The molecule has 1 amide bonds. The van der Waals surface area contributed by atoms with Gasteiger partial charge in [0.15, 0.2) is 0 Å². The Bertz CT molecular complexity index is 396. The van der Waals surface area contributed by atoms with Gasteiger partial charge in [0.05, 0.1) is 18.2 Å². The molecule has 1 atom stereocenters. The summed E-state index contributed by atoms with van der Waals surface area (Å²) in [5.74, 6) is -0.226. The highest BCUT2D eigenvalue weighted by Gasteiger charge is 2.18. The predicted molar refractivity (Wildman–Crippen MR) is 64.5 cm³/mol. The summed E-state index contributed by atoms with van der Waals surface area (Å²) < 4.78 is 0. The Kier molecular flexibility index (Phi) is 4.15. The van der Waals surface area contributed by atoms with Crippen LogP contribution < -0.4 is 5.73 Å². The van der Waals surface area contributed by atoms with E-state index in [-0.39, 0.29) is 18.6 Å². The lowest BCUT2D eigenvalue weighted by atomic mass is 10.1. The minimum Gasteiger partial charge on any atom is -0.398 e. The lowest BCUT2D eigenvalue weighted by Crippen LogP contribution is -2.37. The zero-order valence-corrected chi connectivity index (χ0v) is 10.0. The molecule has 3 N–H and O–H groups in total. The number of nitrogens with zero attached hydrogens (tertiary/aromatic N) is 1. The molecule has 88 valence electrons. The number of rotatable bonds is 3. The van der Waals surface area contributed by atoms with Crippen LogP contribution in [-0.2, 0) is 0 Å². The number of halogens is 1. The first-order valence-electron chi connectivity index (χ1n) is 4.90. The number of nitrogens with two attached hydrogens (primary N) is 1. The van der Waals surface area contributed by atoms with Crippen molar-refractivity contribution in [1.82, 2.24) is 4.90 Å². The molecule has 1 unspecified atom stereocenters. The molecule has 0 aromatic heterocycles. The van der Waals surface area contributed by atoms with Crippen molar-refractivity contribution in [2.45, 2.75) is 13.0 Å². The third-order valence-electron chi connectivity index (χ3n) is 2.49. The molecule has 0 spiro atoms. The monoisotopic (exact) mass is 242 g/mol. The van der Waals surface area contributed by atoms with Gasteiger partial charge in [0, 0.05) is 17.8 Å². The van der Waals surface area contributed by atoms with Crippen molar-refractivity contribution >= 4 is 23.2 Å². The quantitative estimate of drug-likeness (QED) is 0.787. The number of aliphatic hydroxyl groups is 1. The van der Waals surface area contributed by atoms with E-state index in [0.29, 0.717) is 16.3 Å². The number of benzene rings is 1. The van der Waals surface area contributed by atoms with E-state index in [1.54, 1.807) is 26.1 Å². The van der Waals surface area contributed by atoms with Gasteiger partial charge in [-0.05, 0) is 25.1 Å². The van der Waals surface area contributed by atoms with Crippen LogP contribution in [0, 0.1) is 0 Å². The number of amides is 1. The van der Waals surface area contributed by atoms with E-state index in [0.717, 1.165) is 0 Å². The molecule has 0 aliphatic carbocycles. The van der Waals surface area contributed by atoms with Gasteiger partial charge < -0.3 is 15.7 Å². The fraction of sp³-hybridized carbons (Fsp3) is 0.364. The second kappa shape index (κ2) is 5.18. The van der Waals surface area contributed by atoms with Gasteiger partial charge in [0.2, 0.25) is 0 Å². The molecular weight excluding hydrogens is 228 g/mol. The molecule has 1 aromatic carbocycles. The molecule has 0 aliphatic rings. The lowest BCUT2D eigenvalue weighted by Gasteiger charge is -2.23. The number of carbonyl (C=O) groups is 1. The number of hydrogen-bond donors (Lipinski definition) is 2. The van der Waals surface area contributed by atoms with E-state index in [2.05, 4.69) is 0 Å². The van der Waals surface area contributed by atoms with Crippen LogP contribution in [-0.4, -0.2) is 35.6 Å². The van der Waals surface area contributed by atoms with Crippen LogP contribution in [0.25, 0.3) is 0 Å². The number of hydrogen-bond acceptors (Lipinski definition) is 3. The Balaban J connectivity index is 2.96. The van der Waals surface area contributed by atoms with Crippen LogP contribution in [0.3, 0.4) is 0 Å². The number of carbonyl (C=O) groups excluding carboxylic acids is 1. The first-order chi connectivity index (χ1) is 7.47. The first-order valence-corrected chi connectivity index (χ1v) is 5.28. The highest BCUT2D eigenvalue weighted by molar-refractivity contribution is 6.31. The van der Waals surface area contributed by atoms with Crippen LogP contribution in [0.4, 0.5) is 5.69 Å². The summed E-state index contributed by atoms with van der Waals surface area (Å²) in [7, 11) is 1.62. The molecule has 0 aliphatic heterocycles. The van der Waals surface area contributed by atoms with Crippen molar-refractivity contribution < 1.29 is 9.90 Å². The van der Waals surface area contributed by atoms with Crippen molar-refractivity contribution in [3.63, 3.8) is 0 Å². The van der Waals surface area contributed by atoms with Gasteiger partial charge in [-0.15, -0.1) is 0 Å². The van der Waals surface area contributed by atoms with Gasteiger partial charge in [-0.2, -0.15) is 0 Å². The van der Waals surface area contributed by atoms with E-state index in [9.17, 15) is 4.79 Å². The normalized spacial score (nSPS) is 12.2. The SMILES string of the molecule is CC(CO)N(C)C(=O)c1ccc(Cl)cc1N. The van der Waals surface area contributed by atoms with Gasteiger partial charge in [-0.3, -0.25) is 4.79 Å². The molecule has 16 heavy (non-hydrogen) atoms. The topological polar surface area (TPSA) is 66.6 Å². The van der Waals surface area contributed by atoms with Crippen LogP contribution in [0.15, 0.2) is 18.2 Å². The van der Waals surface area contributed by atoms with Gasteiger partial charge in [0.25, 0.3) is 5.91 Å². The maximum absolute atomic E-state index is 12.0. The average molecular weight is 243 g/mol. The third kappa shape index (κ3) is 2.65. The summed E-state index contributed by atoms with van der Waals surface area (Å²) in [6, 6.07) is 4.48. The highest BCUT2D eigenvalue weighted by atomic mass is 35.5. The third-order valence-corrected chi connectivity index (χ3v) is 2.72. The fourth-order valence-electron chi connectivity index (χ4n) is 1.24. The van der Waals surface area contributed by atoms with Crippen molar-refractivity contribution in [3.8, 4) is 0 Å². The maximum Gasteiger partial charge on any atom is 0.256 e. The average Bonchev–Trinajstić information content (AvgIpc) is 2.26. The van der Waals surface area contributed by atoms with E-state index in [1.807, 2.05) is 0 Å². The number of anilines is 1. The van der Waals surface area contributed by atoms with Gasteiger partial charge in [-0.1, -0.05) is 11.6 Å². The summed E-state index contributed by atoms with van der Waals surface area (Å²) in [6.07, 6.45) is 0. The molecule has 0 fully saturated rings. The Morgan fingerprint density at radius 2 is 2.25 bits per heavy atom. The van der Waals surface area contributed by atoms with E-state index in [1.165, 1.54) is 11.0 Å². The van der Waals surface area contributed by atoms with Crippen LogP contribution in [0.5, 0.6) is 0 Å². The van der Waals surface area contributed by atoms with E-state index in [4.69, 9.17) is 22.4 Å². The maximum atomic E-state index is 12.0. The summed E-state index contributed by atoms with van der Waals surface area (Å²) >= 11 is 5.75. The highest BCUT2D eigenvalue weighted by Crippen LogP contribution is 2.19. The fourth-order valence-corrected chi connectivity index (χ4v) is 1.42. The molecule has 0 saturated heterocycles. The molecule has 1 aromatic rings. The van der Waals surface area contributed by atoms with E-state index >= 15 is 0 Å². The van der Waals surface area contributed by atoms with Crippen molar-refractivity contribution in [2.75, 3.05) is 19.4 Å². The smallest absolute Gasteiger partial charge is 0.256 e. The largest absolute Gasteiger partial charge is 0.398 e. The minimum absolute atomic E-state index is 0.0876. The second-order valence-electron chi connectivity index (χ2n) is 3.68. The van der Waals surface area contributed by atoms with Crippen molar-refractivity contribution in [2.24, 2.45) is 0 Å². The molecule has 0 heterocycles. The Labute approximate surface area is 99.6 Å². The molecule has 1 rings (SSSR count). The summed E-state index contributed by atoms with van der Waals surface area (Å²) in [5.41, 5.74) is 6.44. The zero-order valence-electron chi connectivity index (χ0n) is 9.27. The summed E-state index contributed by atoms with van der Waals surface area (Å²) in [6.45, 7) is 1.67. The van der Waals surface area contributed by atoms with Crippen molar-refractivity contribution in [3.05, 3.63) is 28.8 Å². The predicted octanol–water partition coefficient (Wildman–Crippen LogP) is 1.38. The lowest BCUT2D eigenvalue weighted by molar-refractivity contribution is 0.0683. The Hall–Kier alpha value is -1.26. The van der Waals surface area contributed by atoms with Crippen molar-refractivity contribution in [1.29, 1.82) is 0 Å². The molecule has 4 nitrogen and oxygen atoms in total. The van der Waals surface area contributed by atoms with Crippen LogP contribution in [0.2, 0.25) is 5.02 Å². The standard InChI is InChI=1S/C11H15ClN2O2/c1-7(6-15)14(2)11(16)9-4-3-8(12)5-10(9)13/h3-5,7,15H,6,13H2,1-2H3. The molecule has 0 bridgehead atoms. The molecular formula is C11H15ClN2O2. The molecule has 5 heteroatoms. The van der Waals surface area contributed by atoms with Crippen LogP contribution in [0.1, 0.15) is 17.3 Å². The Morgan fingerprint density at radius 1 is 1.62 bits per heavy atom. The number of likely N-dealkylation sites (N-methyl/N-ethyl adjacent to an activating group) is 1. The van der Waals surface area contributed by atoms with Gasteiger partial charge in [0.1, 0.15) is 0 Å². The van der Waals surface area contributed by atoms with Crippen LogP contribution >= 0.6 is 11.6 Å². The van der Waals surface area contributed by atoms with E-state index < -0.39 is 0 Å². The zero-order chi connectivity index (χ0) is 12.3. The summed E-state index contributed by atoms with van der Waals surface area (Å²) in [5, 5.41) is 9.46. The van der Waals surface area contributed by atoms with Gasteiger partial charge in [-0.25, -0.2) is 0 Å². The Morgan fingerprint density at radius 3 is 2.75 bits per heavy atom. The van der Waals surface area contributed by atoms with Gasteiger partial charge >= 0.3 is 0 Å². The first kappa shape index (κ1) is 12.8. The second-order valence-corrected chi connectivity index (χ2v) is 4.12. The number of aliphatic hydroxyl groups excluding tert-OH is 1. The summed E-state index contributed by atoms with van der Waals surface area (Å²) in [4.78, 5) is 13.4. The molecule has 0 radical (unpaired) electrons.